The van der Waals surface area contributed by atoms with Crippen LogP contribution in [0.1, 0.15) is 73.1 Å². The van der Waals surface area contributed by atoms with Crippen molar-refractivity contribution in [3.05, 3.63) is 24.6 Å². The third kappa shape index (κ3) is 10.2. The molecule has 0 amide bonds. The van der Waals surface area contributed by atoms with Crippen molar-refractivity contribution in [3.63, 3.8) is 0 Å². The molecule has 2 unspecified atom stereocenters. The molecular weight excluding hydrogens is 356 g/mol. The summed E-state index contributed by atoms with van der Waals surface area (Å²) >= 11 is 0. The molecule has 0 bridgehead atoms. The molecule has 0 spiro atoms. The van der Waals surface area contributed by atoms with Crippen LogP contribution in [0, 0.1) is 11.8 Å². The van der Waals surface area contributed by atoms with Crippen LogP contribution in [0.4, 0.5) is 0 Å². The molecule has 0 aromatic carbocycles. The molecule has 0 saturated carbocycles. The van der Waals surface area contributed by atoms with E-state index in [0.717, 1.165) is 13.0 Å². The lowest BCUT2D eigenvalue weighted by Crippen LogP contribution is -2.53. The van der Waals surface area contributed by atoms with Gasteiger partial charge in [-0.1, -0.05) is 78.1 Å². The van der Waals surface area contributed by atoms with Crippen molar-refractivity contribution in [3.8, 4) is 0 Å². The van der Waals surface area contributed by atoms with Gasteiger partial charge in [-0.05, 0) is 31.4 Å². The summed E-state index contributed by atoms with van der Waals surface area (Å²) < 4.78 is 19.2. The molecule has 3 nitrogen and oxygen atoms in total. The van der Waals surface area contributed by atoms with Crippen LogP contribution in [-0.4, -0.2) is 29.8 Å². The van der Waals surface area contributed by atoms with E-state index in [-0.39, 0.29) is 6.10 Å². The molecule has 0 N–H and O–H groups in total. The molecule has 0 saturated heterocycles. The van der Waals surface area contributed by atoms with E-state index in [1.54, 1.807) is 0 Å². The highest BCUT2D eigenvalue weighted by Gasteiger charge is 2.42. The van der Waals surface area contributed by atoms with Crippen molar-refractivity contribution in [2.45, 2.75) is 92.3 Å². The molecule has 0 aliphatic rings. The predicted molar refractivity (Wildman–Crippen MR) is 119 cm³/mol. The van der Waals surface area contributed by atoms with Gasteiger partial charge in [0.2, 0.25) is 0 Å². The zero-order valence-corrected chi connectivity index (χ0v) is 20.5. The normalized spacial score (nSPS) is 16.7. The van der Waals surface area contributed by atoms with Crippen molar-refractivity contribution in [1.29, 1.82) is 0 Å². The van der Waals surface area contributed by atoms with Gasteiger partial charge in [0.05, 0.1) is 6.10 Å². The summed E-state index contributed by atoms with van der Waals surface area (Å²) in [6, 6.07) is 0. The van der Waals surface area contributed by atoms with E-state index in [1.807, 2.05) is 11.4 Å². The van der Waals surface area contributed by atoms with Crippen LogP contribution in [0.3, 0.4) is 0 Å². The highest BCUT2D eigenvalue weighted by molar-refractivity contribution is 6.84. The first-order chi connectivity index (χ1) is 12.1. The molecule has 0 aromatic rings. The third-order valence-electron chi connectivity index (χ3n) is 4.72. The van der Waals surface area contributed by atoms with E-state index < -0.39 is 17.1 Å². The van der Waals surface area contributed by atoms with Gasteiger partial charge in [0.1, 0.15) is 0 Å². The van der Waals surface area contributed by atoms with E-state index in [1.165, 1.54) is 32.1 Å². The quantitative estimate of drug-likeness (QED) is 0.214. The van der Waals surface area contributed by atoms with Gasteiger partial charge in [-0.3, -0.25) is 0 Å². The molecule has 0 fully saturated rings. The van der Waals surface area contributed by atoms with Gasteiger partial charge in [-0.15, -0.1) is 13.2 Å². The van der Waals surface area contributed by atoms with E-state index >= 15 is 0 Å². The first kappa shape index (κ1) is 25.8. The molecular formula is C21H44O3Si2. The fraction of sp³-hybridized carbons (Fsp3) is 0.810. The molecule has 0 heterocycles. The highest BCUT2D eigenvalue weighted by atomic mass is 28.5. The molecule has 0 aliphatic carbocycles. The SMILES string of the molecule is C=C[Si](C)(OCCCCCCCC)O[Si](C)(C=C)OC(C(C)C)C(C)C. The number of hydrogen-bond donors (Lipinski definition) is 0. The van der Waals surface area contributed by atoms with Crippen molar-refractivity contribution < 1.29 is 13.0 Å². The van der Waals surface area contributed by atoms with Crippen LogP contribution in [0.25, 0.3) is 0 Å². The summed E-state index contributed by atoms with van der Waals surface area (Å²) in [4.78, 5) is 0. The van der Waals surface area contributed by atoms with Gasteiger partial charge in [-0.25, -0.2) is 0 Å². The smallest absolute Gasteiger partial charge is 0.352 e. The van der Waals surface area contributed by atoms with Gasteiger partial charge in [0, 0.05) is 6.61 Å². The van der Waals surface area contributed by atoms with Crippen molar-refractivity contribution in [2.75, 3.05) is 6.61 Å². The van der Waals surface area contributed by atoms with Gasteiger partial charge < -0.3 is 13.0 Å². The average Bonchev–Trinajstić information content (AvgIpc) is 2.58. The van der Waals surface area contributed by atoms with E-state index in [9.17, 15) is 0 Å². The second kappa shape index (κ2) is 13.1. The van der Waals surface area contributed by atoms with Crippen molar-refractivity contribution in [1.82, 2.24) is 0 Å². The predicted octanol–water partition coefficient (Wildman–Crippen LogP) is 6.67. The second-order valence-corrected chi connectivity index (χ2v) is 14.5. The third-order valence-corrected chi connectivity index (χ3v) is 11.0. The second-order valence-electron chi connectivity index (χ2n) is 8.23. The summed E-state index contributed by atoms with van der Waals surface area (Å²) in [5, 5.41) is 0. The van der Waals surface area contributed by atoms with E-state index in [0.29, 0.717) is 11.8 Å². The summed E-state index contributed by atoms with van der Waals surface area (Å²) in [5.74, 6) is 0.872. The molecule has 154 valence electrons. The van der Waals surface area contributed by atoms with Gasteiger partial charge in [0.25, 0.3) is 0 Å². The minimum atomic E-state index is -2.53. The van der Waals surface area contributed by atoms with Gasteiger partial charge in [-0.2, -0.15) is 0 Å². The maximum Gasteiger partial charge on any atom is 0.352 e. The Morgan fingerprint density at radius 2 is 1.31 bits per heavy atom. The van der Waals surface area contributed by atoms with Crippen LogP contribution in [0.2, 0.25) is 13.1 Å². The largest absolute Gasteiger partial charge is 0.409 e. The average molecular weight is 401 g/mol. The number of rotatable bonds is 16. The fourth-order valence-corrected chi connectivity index (χ4v) is 9.28. The van der Waals surface area contributed by atoms with Crippen LogP contribution in [0.5, 0.6) is 0 Å². The van der Waals surface area contributed by atoms with E-state index in [4.69, 9.17) is 13.0 Å². The minimum Gasteiger partial charge on any atom is -0.409 e. The number of hydrogen-bond acceptors (Lipinski definition) is 3. The molecule has 26 heavy (non-hydrogen) atoms. The molecule has 0 aromatic heterocycles. The Balaban J connectivity index is 4.69. The first-order valence-corrected chi connectivity index (χ1v) is 15.2. The van der Waals surface area contributed by atoms with Crippen LogP contribution >= 0.6 is 0 Å². The lowest BCUT2D eigenvalue weighted by atomic mass is 9.97. The Hall–Kier alpha value is -0.206. The van der Waals surface area contributed by atoms with Crippen molar-refractivity contribution in [2.24, 2.45) is 11.8 Å². The molecule has 2 atom stereocenters. The Morgan fingerprint density at radius 3 is 1.77 bits per heavy atom. The number of unbranched alkanes of at least 4 members (excludes halogenated alkanes) is 5. The summed E-state index contributed by atoms with van der Waals surface area (Å²) in [6.07, 6.45) is 7.68. The lowest BCUT2D eigenvalue weighted by Gasteiger charge is -2.38. The van der Waals surface area contributed by atoms with Crippen LogP contribution in [0.15, 0.2) is 24.6 Å². The monoisotopic (exact) mass is 400 g/mol. The fourth-order valence-electron chi connectivity index (χ4n) is 3.12. The standard InChI is InChI=1S/C21H44O3Si2/c1-10-13-14-15-16-17-18-22-25(8,11-2)24-26(9,12-3)23-21(19(4)5)20(6)7/h11-12,19-21H,2-3,10,13-18H2,1,4-9H3. The zero-order valence-electron chi connectivity index (χ0n) is 18.5. The maximum absolute atomic E-state index is 6.50. The van der Waals surface area contributed by atoms with E-state index in [2.05, 4.69) is 60.9 Å². The zero-order chi connectivity index (χ0) is 20.2. The summed E-state index contributed by atoms with van der Waals surface area (Å²) in [5.41, 5.74) is 3.76. The Labute approximate surface area is 165 Å². The van der Waals surface area contributed by atoms with Crippen LogP contribution < -0.4 is 0 Å². The highest BCUT2D eigenvalue weighted by Crippen LogP contribution is 2.26. The molecule has 0 rings (SSSR count). The van der Waals surface area contributed by atoms with Gasteiger partial charge >= 0.3 is 17.1 Å². The van der Waals surface area contributed by atoms with Crippen LogP contribution in [-0.2, 0) is 13.0 Å². The molecule has 0 radical (unpaired) electrons. The lowest BCUT2D eigenvalue weighted by molar-refractivity contribution is 0.0718. The molecule has 0 aliphatic heterocycles. The summed E-state index contributed by atoms with van der Waals surface area (Å²) in [6.45, 7) is 23.9. The Bertz CT molecular complexity index is 393. The Kier molecular flexibility index (Phi) is 12.9. The first-order valence-electron chi connectivity index (χ1n) is 10.4. The summed E-state index contributed by atoms with van der Waals surface area (Å²) in [7, 11) is -4.99. The topological polar surface area (TPSA) is 27.7 Å². The van der Waals surface area contributed by atoms with Crippen molar-refractivity contribution >= 4 is 17.1 Å². The minimum absolute atomic E-state index is 0.159. The Morgan fingerprint density at radius 1 is 0.808 bits per heavy atom. The molecule has 5 heteroatoms. The van der Waals surface area contributed by atoms with Gasteiger partial charge in [0.15, 0.2) is 0 Å². The maximum atomic E-state index is 6.50.